The Labute approximate surface area is 112 Å². The third kappa shape index (κ3) is 3.68. The highest BCUT2D eigenvalue weighted by Gasteiger charge is 2.30. The van der Waals surface area contributed by atoms with Crippen LogP contribution in [0.1, 0.15) is 32.6 Å². The summed E-state index contributed by atoms with van der Waals surface area (Å²) in [7, 11) is 0. The maximum absolute atomic E-state index is 12.3. The number of carbonyl (C=O) groups excluding carboxylic acids is 3. The van der Waals surface area contributed by atoms with Crippen molar-refractivity contribution in [3.63, 3.8) is 0 Å². The fourth-order valence-electron chi connectivity index (χ4n) is 2.73. The van der Waals surface area contributed by atoms with E-state index in [-0.39, 0.29) is 29.7 Å². The highest BCUT2D eigenvalue weighted by molar-refractivity contribution is 5.83. The summed E-state index contributed by atoms with van der Waals surface area (Å²) in [5.74, 6) is 0.0875. The van der Waals surface area contributed by atoms with Gasteiger partial charge in [-0.3, -0.25) is 14.4 Å². The van der Waals surface area contributed by atoms with Crippen LogP contribution in [0.25, 0.3) is 0 Å². The van der Waals surface area contributed by atoms with Gasteiger partial charge in [0.2, 0.25) is 17.7 Å². The minimum atomic E-state index is -0.0741. The van der Waals surface area contributed by atoms with Crippen LogP contribution in [0.3, 0.4) is 0 Å². The molecule has 1 atom stereocenters. The molecule has 0 aliphatic carbocycles. The van der Waals surface area contributed by atoms with Crippen molar-refractivity contribution in [2.24, 2.45) is 5.92 Å². The van der Waals surface area contributed by atoms with Gasteiger partial charge in [-0.2, -0.15) is 0 Å². The van der Waals surface area contributed by atoms with Gasteiger partial charge in [0.1, 0.15) is 0 Å². The van der Waals surface area contributed by atoms with Gasteiger partial charge in [0.25, 0.3) is 0 Å². The number of likely N-dealkylation sites (tertiary alicyclic amines) is 1. The van der Waals surface area contributed by atoms with Gasteiger partial charge in [0, 0.05) is 39.0 Å². The topological polar surface area (TPSA) is 78.5 Å². The van der Waals surface area contributed by atoms with E-state index in [1.165, 1.54) is 6.92 Å². The van der Waals surface area contributed by atoms with Gasteiger partial charge in [0.05, 0.1) is 5.92 Å². The van der Waals surface area contributed by atoms with Crippen LogP contribution in [0.4, 0.5) is 0 Å². The monoisotopic (exact) mass is 267 g/mol. The Balaban J connectivity index is 1.79. The summed E-state index contributed by atoms with van der Waals surface area (Å²) in [4.78, 5) is 36.2. The second kappa shape index (κ2) is 6.04. The largest absolute Gasteiger partial charge is 0.355 e. The normalized spacial score (nSPS) is 24.8. The quantitative estimate of drug-likeness (QED) is 0.717. The van der Waals surface area contributed by atoms with Crippen LogP contribution in [-0.4, -0.2) is 48.3 Å². The van der Waals surface area contributed by atoms with Crippen LogP contribution >= 0.6 is 0 Å². The third-order valence-corrected chi connectivity index (χ3v) is 3.83. The third-order valence-electron chi connectivity index (χ3n) is 3.83. The summed E-state index contributed by atoms with van der Waals surface area (Å²) in [5.41, 5.74) is 0. The van der Waals surface area contributed by atoms with Crippen molar-refractivity contribution in [3.8, 4) is 0 Å². The van der Waals surface area contributed by atoms with Crippen LogP contribution < -0.4 is 10.6 Å². The second-order valence-electron chi connectivity index (χ2n) is 5.34. The molecule has 2 rings (SSSR count). The smallest absolute Gasteiger partial charge is 0.227 e. The number of hydrogen-bond acceptors (Lipinski definition) is 3. The lowest BCUT2D eigenvalue weighted by atomic mass is 9.96. The van der Waals surface area contributed by atoms with Crippen molar-refractivity contribution in [1.82, 2.24) is 15.5 Å². The van der Waals surface area contributed by atoms with E-state index < -0.39 is 0 Å². The Morgan fingerprint density at radius 1 is 1.26 bits per heavy atom. The van der Waals surface area contributed by atoms with E-state index >= 15 is 0 Å². The summed E-state index contributed by atoms with van der Waals surface area (Å²) >= 11 is 0. The first-order chi connectivity index (χ1) is 9.06. The molecule has 6 heteroatoms. The zero-order valence-electron chi connectivity index (χ0n) is 11.3. The van der Waals surface area contributed by atoms with Gasteiger partial charge >= 0.3 is 0 Å². The predicted molar refractivity (Wildman–Crippen MR) is 69.2 cm³/mol. The van der Waals surface area contributed by atoms with E-state index in [0.717, 1.165) is 12.8 Å². The minimum absolute atomic E-state index is 0.0141. The van der Waals surface area contributed by atoms with Crippen LogP contribution in [0.2, 0.25) is 0 Å². The highest BCUT2D eigenvalue weighted by atomic mass is 16.2. The Morgan fingerprint density at radius 2 is 1.95 bits per heavy atom. The molecule has 0 spiro atoms. The zero-order valence-corrected chi connectivity index (χ0v) is 11.3. The first-order valence-corrected chi connectivity index (χ1v) is 6.89. The first kappa shape index (κ1) is 13.8. The first-order valence-electron chi connectivity index (χ1n) is 6.89. The number of carbonyl (C=O) groups is 3. The molecule has 2 aliphatic heterocycles. The van der Waals surface area contributed by atoms with Crippen molar-refractivity contribution in [2.45, 2.75) is 38.6 Å². The molecule has 2 aliphatic rings. The molecule has 0 saturated carbocycles. The standard InChI is InChI=1S/C13H21N3O3/c1-9(17)15-11-4-6-16(7-5-11)13(19)10-2-3-12(18)14-8-10/h10-11H,2-8H2,1H3,(H,14,18)(H,15,17). The van der Waals surface area contributed by atoms with Crippen LogP contribution in [0.5, 0.6) is 0 Å². The van der Waals surface area contributed by atoms with Gasteiger partial charge < -0.3 is 15.5 Å². The van der Waals surface area contributed by atoms with E-state index in [1.54, 1.807) is 0 Å². The SMILES string of the molecule is CC(=O)NC1CCN(C(=O)C2CCC(=O)NC2)CC1. The van der Waals surface area contributed by atoms with Crippen LogP contribution in [-0.2, 0) is 14.4 Å². The number of rotatable bonds is 2. The Kier molecular flexibility index (Phi) is 4.39. The maximum Gasteiger partial charge on any atom is 0.227 e. The summed E-state index contributed by atoms with van der Waals surface area (Å²) in [6.45, 7) is 3.36. The molecule has 2 N–H and O–H groups in total. The van der Waals surface area contributed by atoms with Gasteiger partial charge in [-0.25, -0.2) is 0 Å². The van der Waals surface area contributed by atoms with Gasteiger partial charge in [-0.1, -0.05) is 0 Å². The minimum Gasteiger partial charge on any atom is -0.355 e. The average Bonchev–Trinajstić information content (AvgIpc) is 2.39. The number of piperidine rings is 2. The molecule has 2 heterocycles. The summed E-state index contributed by atoms with van der Waals surface area (Å²) in [5, 5.41) is 5.64. The summed E-state index contributed by atoms with van der Waals surface area (Å²) < 4.78 is 0. The lowest BCUT2D eigenvalue weighted by Gasteiger charge is -2.35. The molecule has 1 unspecified atom stereocenters. The van der Waals surface area contributed by atoms with E-state index in [1.807, 2.05) is 4.90 Å². The summed E-state index contributed by atoms with van der Waals surface area (Å²) in [6, 6.07) is 0.188. The number of hydrogen-bond donors (Lipinski definition) is 2. The second-order valence-corrected chi connectivity index (χ2v) is 5.34. The molecule has 0 aromatic rings. The van der Waals surface area contributed by atoms with Crippen molar-refractivity contribution in [2.75, 3.05) is 19.6 Å². The molecule has 2 saturated heterocycles. The molecule has 3 amide bonds. The van der Waals surface area contributed by atoms with Crippen molar-refractivity contribution in [3.05, 3.63) is 0 Å². The van der Waals surface area contributed by atoms with E-state index in [2.05, 4.69) is 10.6 Å². The van der Waals surface area contributed by atoms with Crippen molar-refractivity contribution >= 4 is 17.7 Å². The lowest BCUT2D eigenvalue weighted by molar-refractivity contribution is -0.138. The average molecular weight is 267 g/mol. The predicted octanol–water partition coefficient (Wildman–Crippen LogP) is -0.360. The van der Waals surface area contributed by atoms with E-state index in [0.29, 0.717) is 32.5 Å². The van der Waals surface area contributed by atoms with Gasteiger partial charge in [0.15, 0.2) is 0 Å². The van der Waals surface area contributed by atoms with Crippen LogP contribution in [0, 0.1) is 5.92 Å². The van der Waals surface area contributed by atoms with Gasteiger partial charge in [-0.05, 0) is 19.3 Å². The van der Waals surface area contributed by atoms with Gasteiger partial charge in [-0.15, -0.1) is 0 Å². The fraction of sp³-hybridized carbons (Fsp3) is 0.769. The number of nitrogens with zero attached hydrogens (tertiary/aromatic N) is 1. The Bertz CT molecular complexity index is 365. The number of amides is 3. The molecule has 0 aromatic carbocycles. The van der Waals surface area contributed by atoms with Crippen molar-refractivity contribution < 1.29 is 14.4 Å². The fourth-order valence-corrected chi connectivity index (χ4v) is 2.73. The van der Waals surface area contributed by atoms with E-state index in [4.69, 9.17) is 0 Å². The zero-order chi connectivity index (χ0) is 13.8. The molecule has 19 heavy (non-hydrogen) atoms. The number of nitrogens with one attached hydrogen (secondary N) is 2. The Morgan fingerprint density at radius 3 is 2.47 bits per heavy atom. The molecular weight excluding hydrogens is 246 g/mol. The molecule has 106 valence electrons. The lowest BCUT2D eigenvalue weighted by Crippen LogP contribution is -2.50. The molecular formula is C13H21N3O3. The molecule has 0 aromatic heterocycles. The van der Waals surface area contributed by atoms with Crippen LogP contribution in [0.15, 0.2) is 0 Å². The molecule has 0 bridgehead atoms. The molecule has 0 radical (unpaired) electrons. The molecule has 6 nitrogen and oxygen atoms in total. The highest BCUT2D eigenvalue weighted by Crippen LogP contribution is 2.18. The van der Waals surface area contributed by atoms with Crippen molar-refractivity contribution in [1.29, 1.82) is 0 Å². The Hall–Kier alpha value is -1.59. The summed E-state index contributed by atoms with van der Waals surface area (Å²) in [6.07, 6.45) is 2.71. The van der Waals surface area contributed by atoms with E-state index in [9.17, 15) is 14.4 Å². The molecule has 2 fully saturated rings. The maximum atomic E-state index is 12.3.